The van der Waals surface area contributed by atoms with E-state index >= 15 is 0 Å². The minimum absolute atomic E-state index is 0.109. The zero-order valence-electron chi connectivity index (χ0n) is 17.2. The molecule has 1 fully saturated rings. The van der Waals surface area contributed by atoms with Crippen molar-refractivity contribution in [1.82, 2.24) is 15.2 Å². The SMILES string of the molecule is CC(NC(=O)N1CCN(c2nccs2)CC1)C(C)(C)C(=O)c1ccc(C#N)c(F)c1. The van der Waals surface area contributed by atoms with Gasteiger partial charge < -0.3 is 15.1 Å². The number of piperazine rings is 1. The zero-order chi connectivity index (χ0) is 21.9. The molecule has 1 N–H and O–H groups in total. The summed E-state index contributed by atoms with van der Waals surface area (Å²) in [5, 5.41) is 14.6. The van der Waals surface area contributed by atoms with Crippen molar-refractivity contribution in [1.29, 1.82) is 5.26 Å². The quantitative estimate of drug-likeness (QED) is 0.737. The zero-order valence-corrected chi connectivity index (χ0v) is 18.0. The molecule has 1 saturated heterocycles. The Morgan fingerprint density at radius 2 is 2.00 bits per heavy atom. The number of nitrogens with zero attached hydrogens (tertiary/aromatic N) is 4. The number of carbonyl (C=O) groups excluding carboxylic acids is 2. The van der Waals surface area contributed by atoms with Crippen molar-refractivity contribution in [2.75, 3.05) is 31.1 Å². The smallest absolute Gasteiger partial charge is 0.317 e. The van der Waals surface area contributed by atoms with Gasteiger partial charge in [0.2, 0.25) is 0 Å². The van der Waals surface area contributed by atoms with E-state index in [9.17, 15) is 14.0 Å². The number of halogens is 1. The molecule has 0 bridgehead atoms. The maximum absolute atomic E-state index is 13.9. The molecule has 158 valence electrons. The van der Waals surface area contributed by atoms with Gasteiger partial charge in [-0.05, 0) is 25.1 Å². The summed E-state index contributed by atoms with van der Waals surface area (Å²) in [6.45, 7) is 7.72. The van der Waals surface area contributed by atoms with E-state index in [-0.39, 0.29) is 22.9 Å². The van der Waals surface area contributed by atoms with Crippen molar-refractivity contribution >= 4 is 28.3 Å². The molecule has 0 radical (unpaired) electrons. The molecule has 30 heavy (non-hydrogen) atoms. The van der Waals surface area contributed by atoms with Gasteiger partial charge in [-0.15, -0.1) is 11.3 Å². The van der Waals surface area contributed by atoms with Crippen LogP contribution in [-0.2, 0) is 0 Å². The molecule has 1 unspecified atom stereocenters. The summed E-state index contributed by atoms with van der Waals surface area (Å²) >= 11 is 1.57. The lowest BCUT2D eigenvalue weighted by atomic mass is 9.78. The van der Waals surface area contributed by atoms with Crippen LogP contribution in [0.25, 0.3) is 0 Å². The van der Waals surface area contributed by atoms with E-state index in [2.05, 4.69) is 15.2 Å². The van der Waals surface area contributed by atoms with Crippen LogP contribution in [-0.4, -0.2) is 53.9 Å². The van der Waals surface area contributed by atoms with Crippen LogP contribution in [0.4, 0.5) is 14.3 Å². The monoisotopic (exact) mass is 429 g/mol. The van der Waals surface area contributed by atoms with Crippen LogP contribution in [0.1, 0.15) is 36.7 Å². The summed E-state index contributed by atoms with van der Waals surface area (Å²) < 4.78 is 13.9. The van der Waals surface area contributed by atoms with Gasteiger partial charge in [-0.25, -0.2) is 14.2 Å². The summed E-state index contributed by atoms with van der Waals surface area (Å²) in [5.74, 6) is -1.03. The summed E-state index contributed by atoms with van der Waals surface area (Å²) in [6.07, 6.45) is 1.76. The third kappa shape index (κ3) is 4.44. The number of nitriles is 1. The van der Waals surface area contributed by atoms with E-state index < -0.39 is 17.3 Å². The Balaban J connectivity index is 1.60. The first-order chi connectivity index (χ1) is 14.2. The molecule has 1 atom stereocenters. The van der Waals surface area contributed by atoms with Gasteiger partial charge in [0.1, 0.15) is 11.9 Å². The molecule has 1 aromatic heterocycles. The molecule has 0 spiro atoms. The number of rotatable bonds is 5. The molecule has 0 saturated carbocycles. The predicted molar refractivity (Wildman–Crippen MR) is 113 cm³/mol. The molecular weight excluding hydrogens is 405 g/mol. The van der Waals surface area contributed by atoms with Crippen molar-refractivity contribution in [2.45, 2.75) is 26.8 Å². The first-order valence-electron chi connectivity index (χ1n) is 9.68. The Kier molecular flexibility index (Phi) is 6.37. The van der Waals surface area contributed by atoms with Gasteiger partial charge in [0, 0.05) is 54.8 Å². The fraction of sp³-hybridized carbons (Fsp3) is 0.429. The molecule has 9 heteroatoms. The first kappa shape index (κ1) is 21.7. The van der Waals surface area contributed by atoms with Gasteiger partial charge >= 0.3 is 6.03 Å². The Morgan fingerprint density at radius 3 is 2.57 bits per heavy atom. The van der Waals surface area contributed by atoms with Crippen LogP contribution in [0.5, 0.6) is 0 Å². The summed E-state index contributed by atoms with van der Waals surface area (Å²) in [4.78, 5) is 33.9. The molecule has 2 aromatic rings. The number of hydrogen-bond donors (Lipinski definition) is 1. The lowest BCUT2D eigenvalue weighted by Crippen LogP contribution is -2.56. The lowest BCUT2D eigenvalue weighted by Gasteiger charge is -2.37. The molecule has 1 aromatic carbocycles. The van der Waals surface area contributed by atoms with Crippen LogP contribution in [0.3, 0.4) is 0 Å². The fourth-order valence-electron chi connectivity index (χ4n) is 3.25. The van der Waals surface area contributed by atoms with Crippen molar-refractivity contribution < 1.29 is 14.0 Å². The third-order valence-electron chi connectivity index (χ3n) is 5.62. The van der Waals surface area contributed by atoms with Crippen LogP contribution in [0.15, 0.2) is 29.8 Å². The van der Waals surface area contributed by atoms with Gasteiger partial charge in [0.15, 0.2) is 10.9 Å². The third-order valence-corrected chi connectivity index (χ3v) is 6.45. The highest BCUT2D eigenvalue weighted by atomic mass is 32.1. The van der Waals surface area contributed by atoms with Crippen LogP contribution < -0.4 is 10.2 Å². The number of hydrogen-bond acceptors (Lipinski definition) is 6. The fourth-order valence-corrected chi connectivity index (χ4v) is 3.94. The van der Waals surface area contributed by atoms with E-state index in [0.29, 0.717) is 26.2 Å². The van der Waals surface area contributed by atoms with Gasteiger partial charge in [-0.1, -0.05) is 13.8 Å². The summed E-state index contributed by atoms with van der Waals surface area (Å²) in [5.41, 5.74) is -0.892. The average molecular weight is 430 g/mol. The number of amides is 2. The molecule has 2 amide bonds. The van der Waals surface area contributed by atoms with E-state index in [4.69, 9.17) is 5.26 Å². The van der Waals surface area contributed by atoms with Gasteiger partial charge in [0.05, 0.1) is 5.56 Å². The summed E-state index contributed by atoms with van der Waals surface area (Å²) in [6, 6.07) is 4.85. The number of carbonyl (C=O) groups is 2. The Labute approximate surface area is 179 Å². The van der Waals surface area contributed by atoms with E-state index in [1.54, 1.807) is 49.3 Å². The lowest BCUT2D eigenvalue weighted by molar-refractivity contribution is 0.0790. The van der Waals surface area contributed by atoms with Gasteiger partial charge in [-0.2, -0.15) is 5.26 Å². The standard InChI is InChI=1S/C21H24FN5O2S/c1-14(21(2,3)18(28)15-4-5-16(13-23)17(22)12-15)25-19(29)26-7-9-27(10-8-26)20-24-6-11-30-20/h4-6,11-12,14H,7-10H2,1-3H3,(H,25,29). The van der Waals surface area contributed by atoms with E-state index in [1.165, 1.54) is 12.1 Å². The Morgan fingerprint density at radius 1 is 1.30 bits per heavy atom. The van der Waals surface area contributed by atoms with E-state index in [0.717, 1.165) is 11.2 Å². The number of Topliss-reactive ketones (excluding diaryl/α,β-unsaturated/α-hetero) is 1. The molecule has 7 nitrogen and oxygen atoms in total. The minimum atomic E-state index is -0.959. The number of aromatic nitrogens is 1. The normalized spacial score (nSPS) is 15.4. The number of benzene rings is 1. The number of urea groups is 1. The van der Waals surface area contributed by atoms with Crippen LogP contribution >= 0.6 is 11.3 Å². The largest absolute Gasteiger partial charge is 0.345 e. The van der Waals surface area contributed by atoms with Gasteiger partial charge in [0.25, 0.3) is 0 Å². The van der Waals surface area contributed by atoms with Crippen molar-refractivity contribution in [3.8, 4) is 6.07 Å². The average Bonchev–Trinajstić information content (AvgIpc) is 3.28. The molecule has 0 aliphatic carbocycles. The second-order valence-corrected chi connectivity index (χ2v) is 8.69. The molecule has 1 aliphatic heterocycles. The van der Waals surface area contributed by atoms with Gasteiger partial charge in [-0.3, -0.25) is 4.79 Å². The first-order valence-corrected chi connectivity index (χ1v) is 10.6. The topological polar surface area (TPSA) is 89.3 Å². The highest BCUT2D eigenvalue weighted by molar-refractivity contribution is 7.13. The predicted octanol–water partition coefficient (Wildman–Crippen LogP) is 3.28. The number of ketones is 1. The summed E-state index contributed by atoms with van der Waals surface area (Å²) in [7, 11) is 0. The maximum Gasteiger partial charge on any atom is 0.317 e. The molecule has 3 rings (SSSR count). The second-order valence-electron chi connectivity index (χ2n) is 7.82. The van der Waals surface area contributed by atoms with Crippen LogP contribution in [0, 0.1) is 22.6 Å². The molecular formula is C21H24FN5O2S. The number of nitrogens with one attached hydrogen (secondary N) is 1. The number of thiazole rings is 1. The maximum atomic E-state index is 13.9. The highest BCUT2D eigenvalue weighted by Crippen LogP contribution is 2.27. The van der Waals surface area contributed by atoms with Crippen LogP contribution in [0.2, 0.25) is 0 Å². The van der Waals surface area contributed by atoms with Crippen molar-refractivity contribution in [3.63, 3.8) is 0 Å². The molecule has 1 aliphatic rings. The second kappa shape index (κ2) is 8.79. The Hall–Kier alpha value is -2.99. The minimum Gasteiger partial charge on any atom is -0.345 e. The van der Waals surface area contributed by atoms with E-state index in [1.807, 2.05) is 5.38 Å². The highest BCUT2D eigenvalue weighted by Gasteiger charge is 2.37. The van der Waals surface area contributed by atoms with Crippen molar-refractivity contribution in [2.24, 2.45) is 5.41 Å². The number of anilines is 1. The Bertz CT molecular complexity index is 962. The van der Waals surface area contributed by atoms with Crippen molar-refractivity contribution in [3.05, 3.63) is 46.7 Å². The molecule has 2 heterocycles.